The number of rotatable bonds is 3. The molecule has 33 heavy (non-hydrogen) atoms. The van der Waals surface area contributed by atoms with Crippen molar-refractivity contribution >= 4 is 11.6 Å². The van der Waals surface area contributed by atoms with Crippen molar-refractivity contribution in [3.05, 3.63) is 50.8 Å². The van der Waals surface area contributed by atoms with Crippen molar-refractivity contribution in [1.29, 1.82) is 0 Å². The first-order chi connectivity index (χ1) is 15.4. The third-order valence-corrected chi connectivity index (χ3v) is 6.51. The molecule has 0 N–H and O–H groups in total. The van der Waals surface area contributed by atoms with Gasteiger partial charge < -0.3 is 4.90 Å². The Hall–Kier alpha value is -3.05. The topological polar surface area (TPSA) is 68.3 Å². The highest BCUT2D eigenvalue weighted by Crippen LogP contribution is 2.42. The standard InChI is InChI=1S/C21H21F5N6O/c1-11-12(2)32-18(29-31(19(32)33)9-13-6-20(22,23)7-13)28-17(11)30-4-3-16-14(10-30)5-15(8-27-16)21(24,25)26/h5,8,13H,3-4,6-7,9-10H2,1-2H3. The highest BCUT2D eigenvalue weighted by atomic mass is 19.4. The fourth-order valence-corrected chi connectivity index (χ4v) is 4.62. The average Bonchev–Trinajstić information content (AvgIpc) is 3.03. The molecule has 3 aromatic rings. The number of hydrogen-bond acceptors (Lipinski definition) is 5. The normalized spacial score (nSPS) is 18.5. The van der Waals surface area contributed by atoms with Crippen LogP contribution in [0.2, 0.25) is 0 Å². The summed E-state index contributed by atoms with van der Waals surface area (Å²) in [5, 5.41) is 4.25. The zero-order valence-electron chi connectivity index (χ0n) is 18.0. The second kappa shape index (κ2) is 7.22. The average molecular weight is 468 g/mol. The summed E-state index contributed by atoms with van der Waals surface area (Å²) in [5.74, 6) is -2.35. The van der Waals surface area contributed by atoms with Gasteiger partial charge in [0.1, 0.15) is 5.82 Å². The summed E-state index contributed by atoms with van der Waals surface area (Å²) >= 11 is 0. The van der Waals surface area contributed by atoms with E-state index in [1.165, 1.54) is 9.08 Å². The Bertz CT molecular complexity index is 1300. The minimum absolute atomic E-state index is 0.0918. The molecule has 0 spiro atoms. The maximum atomic E-state index is 13.2. The van der Waals surface area contributed by atoms with E-state index in [-0.39, 0.29) is 37.6 Å². The molecule has 5 rings (SSSR count). The predicted octanol–water partition coefficient (Wildman–Crippen LogP) is 3.53. The van der Waals surface area contributed by atoms with Crippen LogP contribution >= 0.6 is 0 Å². The van der Waals surface area contributed by atoms with E-state index in [1.807, 2.05) is 4.90 Å². The van der Waals surface area contributed by atoms with Crippen molar-refractivity contribution in [2.75, 3.05) is 11.4 Å². The van der Waals surface area contributed by atoms with Gasteiger partial charge in [-0.1, -0.05) is 0 Å². The molecule has 0 atom stereocenters. The molecular weight excluding hydrogens is 447 g/mol. The number of halogens is 5. The van der Waals surface area contributed by atoms with Crippen LogP contribution in [0.3, 0.4) is 0 Å². The Labute approximate surface area is 184 Å². The second-order valence-corrected chi connectivity index (χ2v) is 8.88. The Kier molecular flexibility index (Phi) is 4.77. The molecule has 2 aliphatic rings. The molecule has 4 heterocycles. The highest BCUT2D eigenvalue weighted by molar-refractivity contribution is 5.55. The lowest BCUT2D eigenvalue weighted by atomic mass is 9.81. The summed E-state index contributed by atoms with van der Waals surface area (Å²) < 4.78 is 68.2. The molecule has 0 amide bonds. The molecule has 0 unspecified atom stereocenters. The van der Waals surface area contributed by atoms with Gasteiger partial charge in [-0.3, -0.25) is 4.98 Å². The Balaban J connectivity index is 1.48. The van der Waals surface area contributed by atoms with Crippen molar-refractivity contribution in [2.24, 2.45) is 5.92 Å². The lowest BCUT2D eigenvalue weighted by molar-refractivity contribution is -0.137. The first-order valence-electron chi connectivity index (χ1n) is 10.6. The molecule has 12 heteroatoms. The van der Waals surface area contributed by atoms with E-state index in [4.69, 9.17) is 0 Å². The predicted molar refractivity (Wildman–Crippen MR) is 108 cm³/mol. The zero-order valence-corrected chi connectivity index (χ0v) is 18.0. The number of aryl methyl sites for hydroxylation is 1. The van der Waals surface area contributed by atoms with Gasteiger partial charge in [0, 0.05) is 62.0 Å². The Morgan fingerprint density at radius 2 is 1.94 bits per heavy atom. The van der Waals surface area contributed by atoms with Gasteiger partial charge in [0.2, 0.25) is 5.92 Å². The molecule has 0 saturated heterocycles. The summed E-state index contributed by atoms with van der Waals surface area (Å²) in [6.45, 7) is 4.30. The van der Waals surface area contributed by atoms with Crippen LogP contribution in [0.15, 0.2) is 17.1 Å². The molecule has 0 bridgehead atoms. The number of anilines is 1. The van der Waals surface area contributed by atoms with Gasteiger partial charge >= 0.3 is 11.9 Å². The van der Waals surface area contributed by atoms with Crippen LogP contribution in [0.4, 0.5) is 27.8 Å². The minimum atomic E-state index is -4.48. The summed E-state index contributed by atoms with van der Waals surface area (Å²) in [4.78, 5) is 23.2. The van der Waals surface area contributed by atoms with Gasteiger partial charge in [-0.25, -0.2) is 22.7 Å². The molecule has 1 saturated carbocycles. The van der Waals surface area contributed by atoms with Gasteiger partial charge in [0.15, 0.2) is 0 Å². The molecule has 176 valence electrons. The number of nitrogens with zero attached hydrogens (tertiary/aromatic N) is 6. The summed E-state index contributed by atoms with van der Waals surface area (Å²) in [6.07, 6.45) is -3.72. The van der Waals surface area contributed by atoms with E-state index in [2.05, 4.69) is 15.1 Å². The highest BCUT2D eigenvalue weighted by Gasteiger charge is 2.45. The first kappa shape index (κ1) is 21.8. The van der Waals surface area contributed by atoms with Crippen LogP contribution in [-0.2, 0) is 25.7 Å². The van der Waals surface area contributed by atoms with Crippen LogP contribution in [0.25, 0.3) is 5.78 Å². The van der Waals surface area contributed by atoms with Gasteiger partial charge in [0.05, 0.1) is 5.56 Å². The fourth-order valence-electron chi connectivity index (χ4n) is 4.62. The molecule has 1 aliphatic heterocycles. The maximum absolute atomic E-state index is 13.2. The van der Waals surface area contributed by atoms with Crippen LogP contribution in [0.1, 0.15) is 40.9 Å². The largest absolute Gasteiger partial charge is 0.417 e. The van der Waals surface area contributed by atoms with Crippen LogP contribution < -0.4 is 10.6 Å². The minimum Gasteiger partial charge on any atom is -0.351 e. The molecule has 0 radical (unpaired) electrons. The van der Waals surface area contributed by atoms with E-state index in [9.17, 15) is 26.7 Å². The zero-order chi connectivity index (χ0) is 23.7. The number of alkyl halides is 5. The van der Waals surface area contributed by atoms with Crippen LogP contribution in [0, 0.1) is 19.8 Å². The van der Waals surface area contributed by atoms with Crippen molar-refractivity contribution in [3.63, 3.8) is 0 Å². The van der Waals surface area contributed by atoms with Gasteiger partial charge in [0.25, 0.3) is 5.78 Å². The van der Waals surface area contributed by atoms with Gasteiger partial charge in [-0.15, -0.1) is 5.10 Å². The van der Waals surface area contributed by atoms with E-state index in [0.717, 1.165) is 12.3 Å². The van der Waals surface area contributed by atoms with Crippen molar-refractivity contribution in [3.8, 4) is 0 Å². The molecule has 3 aromatic heterocycles. The molecule has 0 aromatic carbocycles. The fraction of sp³-hybridized carbons (Fsp3) is 0.524. The molecule has 7 nitrogen and oxygen atoms in total. The van der Waals surface area contributed by atoms with Crippen molar-refractivity contribution < 1.29 is 22.0 Å². The molecule has 1 aliphatic carbocycles. The summed E-state index contributed by atoms with van der Waals surface area (Å²) in [5.41, 5.74) is 1.14. The Morgan fingerprint density at radius 1 is 1.21 bits per heavy atom. The van der Waals surface area contributed by atoms with E-state index < -0.39 is 23.4 Å². The summed E-state index contributed by atoms with van der Waals surface area (Å²) in [7, 11) is 0. The van der Waals surface area contributed by atoms with E-state index in [1.54, 1.807) is 13.8 Å². The number of pyridine rings is 1. The number of hydrogen-bond donors (Lipinski definition) is 0. The quantitative estimate of drug-likeness (QED) is 0.551. The Morgan fingerprint density at radius 3 is 2.61 bits per heavy atom. The van der Waals surface area contributed by atoms with Crippen molar-refractivity contribution in [2.45, 2.75) is 58.3 Å². The van der Waals surface area contributed by atoms with Crippen LogP contribution in [-0.4, -0.2) is 36.6 Å². The third-order valence-electron chi connectivity index (χ3n) is 6.51. The lowest BCUT2D eigenvalue weighted by Crippen LogP contribution is -2.39. The molecular formula is C21H21F5N6O. The monoisotopic (exact) mass is 468 g/mol. The maximum Gasteiger partial charge on any atom is 0.417 e. The lowest BCUT2D eigenvalue weighted by Gasteiger charge is -2.34. The number of fused-ring (bicyclic) bond motifs is 2. The van der Waals surface area contributed by atoms with Gasteiger partial charge in [-0.05, 0) is 31.4 Å². The SMILES string of the molecule is Cc1c(N2CCc3ncc(C(F)(F)F)cc3C2)nc2nn(CC3CC(F)(F)C3)c(=O)n2c1C. The molecule has 1 fully saturated rings. The smallest absolute Gasteiger partial charge is 0.351 e. The summed E-state index contributed by atoms with van der Waals surface area (Å²) in [6, 6.07) is 1.11. The van der Waals surface area contributed by atoms with E-state index in [0.29, 0.717) is 41.3 Å². The first-order valence-corrected chi connectivity index (χ1v) is 10.6. The second-order valence-electron chi connectivity index (χ2n) is 8.88. The number of aromatic nitrogens is 5. The third kappa shape index (κ3) is 3.74. The van der Waals surface area contributed by atoms with Crippen molar-refractivity contribution in [1.82, 2.24) is 24.1 Å². The van der Waals surface area contributed by atoms with Gasteiger partial charge in [-0.2, -0.15) is 18.2 Å². The van der Waals surface area contributed by atoms with E-state index >= 15 is 0 Å². The van der Waals surface area contributed by atoms with Crippen LogP contribution in [0.5, 0.6) is 0 Å².